The second-order valence-corrected chi connectivity index (χ2v) is 9.22. The van der Waals surface area contributed by atoms with Gasteiger partial charge in [-0.25, -0.2) is 12.8 Å². The van der Waals surface area contributed by atoms with Crippen molar-refractivity contribution in [2.45, 2.75) is 37.5 Å². The molecule has 1 aromatic carbocycles. The molecule has 0 unspecified atom stereocenters. The number of nitrogens with zero attached hydrogens (tertiary/aromatic N) is 2. The molecule has 0 aliphatic carbocycles. The van der Waals surface area contributed by atoms with Crippen molar-refractivity contribution in [3.05, 3.63) is 29.6 Å². The number of benzene rings is 1. The van der Waals surface area contributed by atoms with Gasteiger partial charge in [0, 0.05) is 32.6 Å². The molecule has 1 atom stereocenters. The summed E-state index contributed by atoms with van der Waals surface area (Å²) in [6.45, 7) is 4.91. The fraction of sp³-hybridized carbons (Fsp3) is 0.632. The summed E-state index contributed by atoms with van der Waals surface area (Å²) in [6.07, 6.45) is 2.76. The van der Waals surface area contributed by atoms with Gasteiger partial charge in [-0.05, 0) is 49.8 Å². The van der Waals surface area contributed by atoms with Crippen molar-refractivity contribution >= 4 is 15.9 Å². The molecule has 1 amide bonds. The Balaban J connectivity index is 1.61. The van der Waals surface area contributed by atoms with Crippen LogP contribution in [0.3, 0.4) is 0 Å². The van der Waals surface area contributed by atoms with E-state index in [-0.39, 0.29) is 16.7 Å². The number of sulfonamides is 1. The number of morpholine rings is 1. The smallest absolute Gasteiger partial charge is 0.243 e. The van der Waals surface area contributed by atoms with Crippen LogP contribution in [0.4, 0.5) is 4.39 Å². The van der Waals surface area contributed by atoms with Crippen LogP contribution in [0.1, 0.15) is 31.2 Å². The van der Waals surface area contributed by atoms with E-state index < -0.39 is 15.8 Å². The van der Waals surface area contributed by atoms with Crippen LogP contribution in [-0.4, -0.2) is 62.9 Å². The van der Waals surface area contributed by atoms with Crippen molar-refractivity contribution in [1.82, 2.24) is 9.21 Å². The molecule has 2 aliphatic rings. The number of hydrogen-bond donors (Lipinski definition) is 0. The lowest BCUT2D eigenvalue weighted by Crippen LogP contribution is -2.42. The molecule has 0 aromatic heterocycles. The normalized spacial score (nSPS) is 22.0. The Hall–Kier alpha value is -1.51. The van der Waals surface area contributed by atoms with E-state index in [4.69, 9.17) is 4.74 Å². The molecule has 0 saturated carbocycles. The molecule has 0 N–H and O–H groups in total. The number of rotatable bonds is 5. The predicted molar refractivity (Wildman–Crippen MR) is 99.3 cm³/mol. The second kappa shape index (κ2) is 8.67. The first-order valence-corrected chi connectivity index (χ1v) is 10.9. The molecule has 2 heterocycles. The van der Waals surface area contributed by atoms with Gasteiger partial charge in [0.25, 0.3) is 0 Å². The molecule has 150 valence electrons. The number of amides is 1. The molecule has 0 radical (unpaired) electrons. The van der Waals surface area contributed by atoms with E-state index in [0.29, 0.717) is 57.8 Å². The monoisotopic (exact) mass is 398 g/mol. The van der Waals surface area contributed by atoms with Crippen molar-refractivity contribution in [2.24, 2.45) is 5.92 Å². The van der Waals surface area contributed by atoms with E-state index in [2.05, 4.69) is 0 Å². The van der Waals surface area contributed by atoms with E-state index in [1.807, 2.05) is 4.90 Å². The highest BCUT2D eigenvalue weighted by molar-refractivity contribution is 7.89. The average molecular weight is 399 g/mol. The summed E-state index contributed by atoms with van der Waals surface area (Å²) in [6, 6.07) is 3.85. The van der Waals surface area contributed by atoms with Crippen LogP contribution in [0.2, 0.25) is 0 Å². The highest BCUT2D eigenvalue weighted by atomic mass is 32.2. The molecule has 27 heavy (non-hydrogen) atoms. The van der Waals surface area contributed by atoms with Crippen LogP contribution in [0.15, 0.2) is 23.1 Å². The molecule has 2 aliphatic heterocycles. The third-order valence-electron chi connectivity index (χ3n) is 5.38. The fourth-order valence-corrected chi connectivity index (χ4v) is 5.56. The van der Waals surface area contributed by atoms with Gasteiger partial charge in [-0.2, -0.15) is 4.31 Å². The first-order valence-electron chi connectivity index (χ1n) is 9.50. The maximum Gasteiger partial charge on any atom is 0.243 e. The minimum atomic E-state index is -3.73. The first-order chi connectivity index (χ1) is 12.9. The first kappa shape index (κ1) is 20.2. The number of halogens is 1. The lowest BCUT2D eigenvalue weighted by molar-refractivity contribution is -0.135. The minimum Gasteiger partial charge on any atom is -0.378 e. The lowest BCUT2D eigenvalue weighted by atomic mass is 9.94. The SMILES string of the molecule is Cc1ccc(F)cc1S(=O)(=O)N1CCC[C@H](CCC(=O)N2CCOCC2)C1. The van der Waals surface area contributed by atoms with Gasteiger partial charge in [-0.3, -0.25) is 4.79 Å². The Labute approximate surface area is 160 Å². The average Bonchev–Trinajstić information content (AvgIpc) is 2.68. The molecule has 8 heteroatoms. The summed E-state index contributed by atoms with van der Waals surface area (Å²) in [7, 11) is -3.73. The minimum absolute atomic E-state index is 0.0348. The molecule has 2 saturated heterocycles. The highest BCUT2D eigenvalue weighted by Gasteiger charge is 2.32. The number of carbonyl (C=O) groups excluding carboxylic acids is 1. The molecule has 1 aromatic rings. The van der Waals surface area contributed by atoms with E-state index in [0.717, 1.165) is 18.9 Å². The van der Waals surface area contributed by atoms with E-state index in [1.54, 1.807) is 6.92 Å². The van der Waals surface area contributed by atoms with Crippen LogP contribution in [0.5, 0.6) is 0 Å². The van der Waals surface area contributed by atoms with E-state index in [1.165, 1.54) is 16.4 Å². The van der Waals surface area contributed by atoms with Gasteiger partial charge < -0.3 is 9.64 Å². The molecule has 0 spiro atoms. The summed E-state index contributed by atoms with van der Waals surface area (Å²) in [4.78, 5) is 14.2. The Morgan fingerprint density at radius 3 is 2.74 bits per heavy atom. The quantitative estimate of drug-likeness (QED) is 0.763. The number of carbonyl (C=O) groups is 1. The van der Waals surface area contributed by atoms with Gasteiger partial charge in [0.2, 0.25) is 15.9 Å². The fourth-order valence-electron chi connectivity index (χ4n) is 3.77. The number of aryl methyl sites for hydroxylation is 1. The molecule has 0 bridgehead atoms. The topological polar surface area (TPSA) is 66.9 Å². The largest absolute Gasteiger partial charge is 0.378 e. The Morgan fingerprint density at radius 2 is 2.00 bits per heavy atom. The van der Waals surface area contributed by atoms with Crippen molar-refractivity contribution in [1.29, 1.82) is 0 Å². The number of ether oxygens (including phenoxy) is 1. The van der Waals surface area contributed by atoms with Gasteiger partial charge in [0.05, 0.1) is 18.1 Å². The molecular weight excluding hydrogens is 371 g/mol. The summed E-state index contributed by atoms with van der Waals surface area (Å²) < 4.78 is 46.2. The van der Waals surface area contributed by atoms with Gasteiger partial charge in [-0.1, -0.05) is 6.07 Å². The summed E-state index contributed by atoms with van der Waals surface area (Å²) in [5.74, 6) is -0.296. The zero-order valence-corrected chi connectivity index (χ0v) is 16.5. The van der Waals surface area contributed by atoms with Crippen LogP contribution in [-0.2, 0) is 19.6 Å². The summed E-state index contributed by atoms with van der Waals surface area (Å²) in [5.41, 5.74) is 0.543. The van der Waals surface area contributed by atoms with Gasteiger partial charge in [-0.15, -0.1) is 0 Å². The zero-order valence-electron chi connectivity index (χ0n) is 15.7. The molecule has 2 fully saturated rings. The number of piperidine rings is 1. The Morgan fingerprint density at radius 1 is 1.26 bits per heavy atom. The Bertz CT molecular complexity index is 778. The standard InChI is InChI=1S/C19H27FN2O4S/c1-15-4-6-17(20)13-18(15)27(24,25)22-8-2-3-16(14-22)5-7-19(23)21-9-11-26-12-10-21/h4,6,13,16H,2-3,5,7-12,14H2,1H3/t16-/m1/s1. The maximum atomic E-state index is 13.6. The van der Waals surface area contributed by atoms with Crippen molar-refractivity contribution in [2.75, 3.05) is 39.4 Å². The third-order valence-corrected chi connectivity index (χ3v) is 7.39. The molecular formula is C19H27FN2O4S. The van der Waals surface area contributed by atoms with Crippen LogP contribution < -0.4 is 0 Å². The lowest BCUT2D eigenvalue weighted by Gasteiger charge is -2.33. The van der Waals surface area contributed by atoms with Gasteiger partial charge in [0.15, 0.2) is 0 Å². The van der Waals surface area contributed by atoms with Crippen molar-refractivity contribution < 1.29 is 22.3 Å². The van der Waals surface area contributed by atoms with Crippen LogP contribution in [0.25, 0.3) is 0 Å². The maximum absolute atomic E-state index is 13.6. The van der Waals surface area contributed by atoms with E-state index >= 15 is 0 Å². The Kier molecular flexibility index (Phi) is 6.49. The third kappa shape index (κ3) is 4.86. The molecule has 3 rings (SSSR count). The predicted octanol–water partition coefficient (Wildman–Crippen LogP) is 2.17. The summed E-state index contributed by atoms with van der Waals surface area (Å²) in [5, 5.41) is 0. The summed E-state index contributed by atoms with van der Waals surface area (Å²) >= 11 is 0. The van der Waals surface area contributed by atoms with E-state index in [9.17, 15) is 17.6 Å². The second-order valence-electron chi connectivity index (χ2n) is 7.31. The van der Waals surface area contributed by atoms with Gasteiger partial charge >= 0.3 is 0 Å². The van der Waals surface area contributed by atoms with Crippen LogP contribution >= 0.6 is 0 Å². The van der Waals surface area contributed by atoms with Crippen molar-refractivity contribution in [3.8, 4) is 0 Å². The van der Waals surface area contributed by atoms with Crippen LogP contribution in [0, 0.1) is 18.7 Å². The van der Waals surface area contributed by atoms with Crippen molar-refractivity contribution in [3.63, 3.8) is 0 Å². The highest BCUT2D eigenvalue weighted by Crippen LogP contribution is 2.28. The van der Waals surface area contributed by atoms with Gasteiger partial charge in [0.1, 0.15) is 5.82 Å². The zero-order chi connectivity index (χ0) is 19.4. The molecule has 6 nitrogen and oxygen atoms in total. The number of hydrogen-bond acceptors (Lipinski definition) is 4.